The predicted molar refractivity (Wildman–Crippen MR) is 130 cm³/mol. The Hall–Kier alpha value is -3.71. The molecule has 170 valence electrons. The summed E-state index contributed by atoms with van der Waals surface area (Å²) in [4.78, 5) is 28.8. The fourth-order valence-corrected chi connectivity index (χ4v) is 4.07. The van der Waals surface area contributed by atoms with Crippen molar-refractivity contribution >= 4 is 40.5 Å². The number of amides is 1. The number of ether oxygens (including phenoxy) is 1. The average Bonchev–Trinajstić information content (AvgIpc) is 2.84. The van der Waals surface area contributed by atoms with E-state index in [0.717, 1.165) is 24.5 Å². The molecule has 3 aromatic rings. The number of carbonyl (C=O) groups is 2. The summed E-state index contributed by atoms with van der Waals surface area (Å²) in [6.45, 7) is 2.78. The van der Waals surface area contributed by atoms with Gasteiger partial charge in [-0.2, -0.15) is 0 Å². The Morgan fingerprint density at radius 1 is 0.909 bits per heavy atom. The maximum atomic E-state index is 12.5. The van der Waals surface area contributed by atoms with Crippen molar-refractivity contribution in [3.63, 3.8) is 0 Å². The highest BCUT2D eigenvalue weighted by atomic mass is 35.5. The zero-order valence-electron chi connectivity index (χ0n) is 18.1. The fourth-order valence-electron chi connectivity index (χ4n) is 3.94. The molecule has 0 aliphatic carbocycles. The molecule has 0 spiro atoms. The van der Waals surface area contributed by atoms with Crippen molar-refractivity contribution in [2.24, 2.45) is 0 Å². The van der Waals surface area contributed by atoms with Gasteiger partial charge >= 0.3 is 5.97 Å². The lowest BCUT2D eigenvalue weighted by Crippen LogP contribution is -2.47. The topological polar surface area (TPSA) is 82.1 Å². The number of carbonyl (C=O) groups excluding carboxylic acids is 1. The molecule has 0 bridgehead atoms. The van der Waals surface area contributed by atoms with E-state index >= 15 is 0 Å². The molecule has 3 aromatic carbocycles. The number of benzene rings is 3. The number of hydrogen-bond donors (Lipinski definition) is 2. The van der Waals surface area contributed by atoms with Crippen LogP contribution in [0.3, 0.4) is 0 Å². The van der Waals surface area contributed by atoms with Gasteiger partial charge in [-0.15, -0.1) is 0 Å². The Bertz CT molecular complexity index is 1160. The number of carboxylic acids is 1. The maximum Gasteiger partial charge on any atom is 0.337 e. The van der Waals surface area contributed by atoms with E-state index in [4.69, 9.17) is 16.3 Å². The SMILES string of the molecule is COc1ccccc1N1CCN(c2ccc(NC(=O)c3ccc(Cl)cc3)cc2C(=O)O)CC1. The molecule has 1 fully saturated rings. The van der Waals surface area contributed by atoms with Gasteiger partial charge in [-0.3, -0.25) is 4.79 Å². The first kappa shape index (κ1) is 22.5. The highest BCUT2D eigenvalue weighted by Crippen LogP contribution is 2.31. The number of piperazine rings is 1. The number of halogens is 1. The molecule has 33 heavy (non-hydrogen) atoms. The Kier molecular flexibility index (Phi) is 6.70. The number of hydrogen-bond acceptors (Lipinski definition) is 5. The maximum absolute atomic E-state index is 12.5. The molecular formula is C25H24ClN3O4. The van der Waals surface area contributed by atoms with Crippen LogP contribution in [0, 0.1) is 0 Å². The van der Waals surface area contributed by atoms with Crippen molar-refractivity contribution in [2.45, 2.75) is 0 Å². The lowest BCUT2D eigenvalue weighted by Gasteiger charge is -2.38. The second-order valence-electron chi connectivity index (χ2n) is 7.64. The predicted octanol–water partition coefficient (Wildman–Crippen LogP) is 4.63. The number of nitrogens with one attached hydrogen (secondary N) is 1. The number of nitrogens with zero attached hydrogens (tertiary/aromatic N) is 2. The molecule has 0 atom stereocenters. The van der Waals surface area contributed by atoms with Crippen molar-refractivity contribution in [1.82, 2.24) is 0 Å². The van der Waals surface area contributed by atoms with Crippen molar-refractivity contribution in [1.29, 1.82) is 0 Å². The molecule has 1 saturated heterocycles. The summed E-state index contributed by atoms with van der Waals surface area (Å²) in [6.07, 6.45) is 0. The van der Waals surface area contributed by atoms with E-state index < -0.39 is 5.97 Å². The molecule has 1 amide bonds. The van der Waals surface area contributed by atoms with Gasteiger partial charge in [-0.25, -0.2) is 4.79 Å². The van der Waals surface area contributed by atoms with Gasteiger partial charge in [-0.05, 0) is 54.6 Å². The molecule has 0 saturated carbocycles. The van der Waals surface area contributed by atoms with E-state index in [1.165, 1.54) is 6.07 Å². The molecule has 7 nitrogen and oxygen atoms in total. The second-order valence-corrected chi connectivity index (χ2v) is 8.08. The third-order valence-corrected chi connectivity index (χ3v) is 5.89. The molecule has 1 aliphatic rings. The van der Waals surface area contributed by atoms with E-state index in [1.807, 2.05) is 24.3 Å². The minimum Gasteiger partial charge on any atom is -0.495 e. The summed E-state index contributed by atoms with van der Waals surface area (Å²) in [5.41, 5.74) is 2.66. The van der Waals surface area contributed by atoms with Crippen molar-refractivity contribution in [2.75, 3.05) is 48.4 Å². The molecular weight excluding hydrogens is 442 g/mol. The van der Waals surface area contributed by atoms with Crippen molar-refractivity contribution in [3.05, 3.63) is 82.9 Å². The first-order chi connectivity index (χ1) is 16.0. The smallest absolute Gasteiger partial charge is 0.337 e. The highest BCUT2D eigenvalue weighted by Gasteiger charge is 2.23. The van der Waals surface area contributed by atoms with E-state index in [0.29, 0.717) is 35.1 Å². The number of anilines is 3. The normalized spacial score (nSPS) is 13.5. The average molecular weight is 466 g/mol. The van der Waals surface area contributed by atoms with Crippen molar-refractivity contribution in [3.8, 4) is 5.75 Å². The van der Waals surface area contributed by atoms with Crippen LogP contribution in [-0.4, -0.2) is 50.3 Å². The van der Waals surface area contributed by atoms with Crippen LogP contribution in [0.2, 0.25) is 5.02 Å². The van der Waals surface area contributed by atoms with Gasteiger partial charge < -0.3 is 25.0 Å². The zero-order valence-corrected chi connectivity index (χ0v) is 18.9. The van der Waals surface area contributed by atoms with Crippen LogP contribution in [0.4, 0.5) is 17.1 Å². The molecule has 0 unspecified atom stereocenters. The van der Waals surface area contributed by atoms with Gasteiger partial charge in [0.25, 0.3) is 5.91 Å². The van der Waals surface area contributed by atoms with Crippen LogP contribution in [0.1, 0.15) is 20.7 Å². The summed E-state index contributed by atoms with van der Waals surface area (Å²) < 4.78 is 5.47. The first-order valence-corrected chi connectivity index (χ1v) is 10.9. The Morgan fingerprint density at radius 3 is 2.18 bits per heavy atom. The Morgan fingerprint density at radius 2 is 1.55 bits per heavy atom. The monoisotopic (exact) mass is 465 g/mol. The molecule has 2 N–H and O–H groups in total. The minimum atomic E-state index is -1.04. The molecule has 0 radical (unpaired) electrons. The number of rotatable bonds is 6. The van der Waals surface area contributed by atoms with E-state index in [1.54, 1.807) is 43.5 Å². The van der Waals surface area contributed by atoms with Crippen LogP contribution in [0.5, 0.6) is 5.75 Å². The molecule has 1 heterocycles. The van der Waals surface area contributed by atoms with Gasteiger partial charge in [0.15, 0.2) is 0 Å². The third kappa shape index (κ3) is 5.04. The molecule has 8 heteroatoms. The largest absolute Gasteiger partial charge is 0.495 e. The Balaban J connectivity index is 1.49. The number of para-hydroxylation sites is 2. The minimum absolute atomic E-state index is 0.148. The van der Waals surface area contributed by atoms with Gasteiger partial charge in [-0.1, -0.05) is 23.7 Å². The highest BCUT2D eigenvalue weighted by molar-refractivity contribution is 6.30. The summed E-state index contributed by atoms with van der Waals surface area (Å²) in [6, 6.07) is 19.3. The van der Waals surface area contributed by atoms with Gasteiger partial charge in [0.2, 0.25) is 0 Å². The molecule has 4 rings (SSSR count). The number of methoxy groups -OCH3 is 1. The molecule has 1 aliphatic heterocycles. The summed E-state index contributed by atoms with van der Waals surface area (Å²) >= 11 is 5.87. The molecule has 0 aromatic heterocycles. The zero-order chi connectivity index (χ0) is 23.4. The number of carboxylic acid groups (broad SMARTS) is 1. The lowest BCUT2D eigenvalue weighted by atomic mass is 10.1. The van der Waals surface area contributed by atoms with E-state index in [9.17, 15) is 14.7 Å². The first-order valence-electron chi connectivity index (χ1n) is 10.5. The summed E-state index contributed by atoms with van der Waals surface area (Å²) in [7, 11) is 1.65. The van der Waals surface area contributed by atoms with Crippen LogP contribution in [-0.2, 0) is 0 Å². The quantitative estimate of drug-likeness (QED) is 0.552. The summed E-state index contributed by atoms with van der Waals surface area (Å²) in [5.74, 6) is -0.557. The van der Waals surface area contributed by atoms with Gasteiger partial charge in [0.1, 0.15) is 5.75 Å². The fraction of sp³-hybridized carbons (Fsp3) is 0.200. The van der Waals surface area contributed by atoms with Crippen LogP contribution < -0.4 is 19.9 Å². The number of aromatic carboxylic acids is 1. The second kappa shape index (κ2) is 9.83. The van der Waals surface area contributed by atoms with Gasteiger partial charge in [0.05, 0.1) is 24.0 Å². The summed E-state index contributed by atoms with van der Waals surface area (Å²) in [5, 5.41) is 13.1. The van der Waals surface area contributed by atoms with Crippen LogP contribution >= 0.6 is 11.6 Å². The van der Waals surface area contributed by atoms with Crippen molar-refractivity contribution < 1.29 is 19.4 Å². The Labute approximate surface area is 197 Å². The van der Waals surface area contributed by atoms with Gasteiger partial charge in [0, 0.05) is 42.5 Å². The van der Waals surface area contributed by atoms with Crippen LogP contribution in [0.25, 0.3) is 0 Å². The van der Waals surface area contributed by atoms with E-state index in [2.05, 4.69) is 15.1 Å². The van der Waals surface area contributed by atoms with E-state index in [-0.39, 0.29) is 11.5 Å². The third-order valence-electron chi connectivity index (χ3n) is 5.64. The van der Waals surface area contributed by atoms with Crippen LogP contribution in [0.15, 0.2) is 66.7 Å². The standard InChI is InChI=1S/C25H24ClN3O4/c1-33-23-5-3-2-4-22(23)29-14-12-28(13-15-29)21-11-10-19(16-20(21)25(31)32)27-24(30)17-6-8-18(26)9-7-17/h2-11,16H,12-15H2,1H3,(H,27,30)(H,31,32). The lowest BCUT2D eigenvalue weighted by molar-refractivity contribution is 0.0697.